The average Bonchev–Trinajstić information content (AvgIpc) is 2.52. The topological polar surface area (TPSA) is 75.2 Å². The van der Waals surface area contributed by atoms with Crippen LogP contribution in [-0.4, -0.2) is 19.3 Å². The summed E-state index contributed by atoms with van der Waals surface area (Å²) in [5.74, 6) is 0. The van der Waals surface area contributed by atoms with E-state index in [-0.39, 0.29) is 65.3 Å². The van der Waals surface area contributed by atoms with Crippen molar-refractivity contribution in [3.8, 4) is 0 Å². The zero-order valence-electron chi connectivity index (χ0n) is 17.9. The summed E-state index contributed by atoms with van der Waals surface area (Å²) in [5.41, 5.74) is 0. The molecule has 0 rings (SSSR count). The van der Waals surface area contributed by atoms with E-state index in [2.05, 4.69) is 12.2 Å². The van der Waals surface area contributed by atoms with Crippen molar-refractivity contribution in [3.05, 3.63) is 0 Å². The van der Waals surface area contributed by atoms with Crippen molar-refractivity contribution in [2.24, 2.45) is 0 Å². The minimum Gasteiger partial charge on any atom is -0.811 e. The van der Waals surface area contributed by atoms with Gasteiger partial charge in [0.2, 0.25) is 0 Å². The Morgan fingerprint density at radius 3 is 1.35 bits per heavy atom. The van der Waals surface area contributed by atoms with Crippen LogP contribution in [0.15, 0.2) is 0 Å². The molecule has 0 aromatic rings. The maximum absolute atomic E-state index is 10.4. The van der Waals surface area contributed by atoms with Gasteiger partial charge in [-0.1, -0.05) is 98.0 Å². The van der Waals surface area contributed by atoms with Gasteiger partial charge in [0.25, 0.3) is 0 Å². The molecule has 0 fully saturated rings. The summed E-state index contributed by atoms with van der Waals surface area (Å²) in [5, 5.41) is 3.20. The van der Waals surface area contributed by atoms with Gasteiger partial charge >= 0.3 is 59.1 Å². The van der Waals surface area contributed by atoms with Crippen LogP contribution in [0, 0.1) is 0 Å². The first-order valence-corrected chi connectivity index (χ1v) is 12.0. The quantitative estimate of drug-likeness (QED) is 0.159. The first-order valence-electron chi connectivity index (χ1n) is 10.3. The Kier molecular flexibility index (Phi) is 31.7. The van der Waals surface area contributed by atoms with Crippen molar-refractivity contribution in [1.29, 1.82) is 0 Å². The summed E-state index contributed by atoms with van der Waals surface area (Å²) in [6.07, 6.45) is 19.2. The smallest absolute Gasteiger partial charge is 0.811 e. The number of unbranched alkanes of at least 4 members (excludes halogenated alkanes) is 13. The molecule has 0 radical (unpaired) electrons. The van der Waals surface area contributed by atoms with Gasteiger partial charge in [-0.15, -0.1) is 0 Å². The largest absolute Gasteiger partial charge is 1.00 e. The zero-order valence-corrected chi connectivity index (χ0v) is 22.8. The van der Waals surface area contributed by atoms with Crippen LogP contribution in [0.5, 0.6) is 0 Å². The van der Waals surface area contributed by atoms with Crippen molar-refractivity contribution in [1.82, 2.24) is 5.32 Å². The molecule has 1 N–H and O–H groups in total. The maximum atomic E-state index is 10.4. The van der Waals surface area contributed by atoms with Crippen molar-refractivity contribution in [2.75, 3.05) is 19.3 Å². The Labute approximate surface area is 207 Å². The van der Waals surface area contributed by atoms with E-state index in [9.17, 15) is 14.4 Å². The summed E-state index contributed by atoms with van der Waals surface area (Å²) in [6.45, 7) is 3.83. The van der Waals surface area contributed by atoms with Gasteiger partial charge in [-0.05, 0) is 32.1 Å². The molecular weight excluding hydrogens is 367 g/mol. The molecule has 146 valence electrons. The fraction of sp³-hybridized carbons (Fsp3) is 1.00. The summed E-state index contributed by atoms with van der Waals surface area (Å²) in [4.78, 5) is 20.9. The van der Waals surface area contributed by atoms with Gasteiger partial charge in [0.15, 0.2) is 0 Å². The van der Waals surface area contributed by atoms with Crippen molar-refractivity contribution >= 4 is 7.60 Å². The van der Waals surface area contributed by atoms with E-state index in [1.54, 1.807) is 0 Å². The number of hydrogen-bond acceptors (Lipinski definition) is 4. The Hall–Kier alpha value is 2.11. The maximum Gasteiger partial charge on any atom is 1.00 e. The van der Waals surface area contributed by atoms with E-state index in [1.165, 1.54) is 83.5 Å². The molecule has 0 saturated heterocycles. The Balaban J connectivity index is -0.00000264. The number of nitrogens with one attached hydrogen (secondary N) is 1. The van der Waals surface area contributed by atoms with Crippen LogP contribution in [0.1, 0.15) is 103 Å². The SMILES string of the molecule is CCCCCCCCCCCCCCCCNCCCP(=O)([O-])[O-].[Na+].[Na+]. The molecule has 0 aromatic carbocycles. The van der Waals surface area contributed by atoms with E-state index < -0.39 is 7.60 Å². The molecule has 0 atom stereocenters. The fourth-order valence-electron chi connectivity index (χ4n) is 2.97. The third kappa shape index (κ3) is 30.8. The number of rotatable bonds is 19. The zero-order chi connectivity index (χ0) is 17.9. The molecule has 0 heterocycles. The van der Waals surface area contributed by atoms with Gasteiger partial charge in [-0.3, -0.25) is 0 Å². The minimum absolute atomic E-state index is 0. The van der Waals surface area contributed by atoms with Crippen LogP contribution in [0.25, 0.3) is 0 Å². The standard InChI is InChI=1S/C19H42NO3P.2Na/c1-2-3-4-5-6-7-8-9-10-11-12-13-14-15-17-20-18-16-19-24(21,22)23;;/h20H,2-19H2,1H3,(H2,21,22,23);;/q;2*+1/p-2. The molecule has 0 saturated carbocycles. The summed E-state index contributed by atoms with van der Waals surface area (Å²) >= 11 is 0. The molecular formula is C19H40NNa2O3P. The predicted octanol–water partition coefficient (Wildman–Crippen LogP) is -1.63. The van der Waals surface area contributed by atoms with Gasteiger partial charge in [0.1, 0.15) is 0 Å². The average molecular weight is 407 g/mol. The summed E-state index contributed by atoms with van der Waals surface area (Å²) in [7, 11) is -4.30. The minimum atomic E-state index is -4.30. The van der Waals surface area contributed by atoms with Crippen LogP contribution in [0.2, 0.25) is 0 Å². The van der Waals surface area contributed by atoms with Crippen LogP contribution >= 0.6 is 7.60 Å². The van der Waals surface area contributed by atoms with Crippen LogP contribution < -0.4 is 74.2 Å². The third-order valence-electron chi connectivity index (χ3n) is 4.49. The van der Waals surface area contributed by atoms with Crippen molar-refractivity contribution in [3.63, 3.8) is 0 Å². The second kappa shape index (κ2) is 25.1. The molecule has 0 aromatic heterocycles. The van der Waals surface area contributed by atoms with Gasteiger partial charge in [-0.25, -0.2) is 0 Å². The van der Waals surface area contributed by atoms with Crippen LogP contribution in [0.4, 0.5) is 0 Å². The second-order valence-electron chi connectivity index (χ2n) is 7.03. The molecule has 0 bridgehead atoms. The first kappa shape index (κ1) is 32.8. The van der Waals surface area contributed by atoms with Crippen LogP contribution in [-0.2, 0) is 4.57 Å². The third-order valence-corrected chi connectivity index (χ3v) is 5.36. The molecule has 4 nitrogen and oxygen atoms in total. The molecule has 0 unspecified atom stereocenters. The molecule has 0 aliphatic heterocycles. The molecule has 0 spiro atoms. The van der Waals surface area contributed by atoms with E-state index in [0.717, 1.165) is 13.0 Å². The molecule has 0 amide bonds. The van der Waals surface area contributed by atoms with Gasteiger partial charge in [-0.2, -0.15) is 0 Å². The Morgan fingerprint density at radius 2 is 0.962 bits per heavy atom. The van der Waals surface area contributed by atoms with E-state index in [1.807, 2.05) is 0 Å². The summed E-state index contributed by atoms with van der Waals surface area (Å²) in [6, 6.07) is 0. The van der Waals surface area contributed by atoms with Gasteiger partial charge in [0.05, 0.1) is 0 Å². The van der Waals surface area contributed by atoms with Crippen molar-refractivity contribution < 1.29 is 73.5 Å². The molecule has 0 aliphatic carbocycles. The van der Waals surface area contributed by atoms with Crippen LogP contribution in [0.3, 0.4) is 0 Å². The van der Waals surface area contributed by atoms with E-state index in [4.69, 9.17) is 0 Å². The molecule has 7 heteroatoms. The molecule has 26 heavy (non-hydrogen) atoms. The molecule has 0 aliphatic rings. The van der Waals surface area contributed by atoms with E-state index in [0.29, 0.717) is 13.0 Å². The van der Waals surface area contributed by atoms with Gasteiger partial charge in [0, 0.05) is 0 Å². The number of hydrogen-bond donors (Lipinski definition) is 1. The van der Waals surface area contributed by atoms with Gasteiger partial charge < -0.3 is 19.7 Å². The normalized spacial score (nSPS) is 11.0. The monoisotopic (exact) mass is 407 g/mol. The summed E-state index contributed by atoms with van der Waals surface area (Å²) < 4.78 is 10.4. The Bertz CT molecular complexity index is 305. The predicted molar refractivity (Wildman–Crippen MR) is 100 cm³/mol. The van der Waals surface area contributed by atoms with E-state index >= 15 is 0 Å². The van der Waals surface area contributed by atoms with Crippen molar-refractivity contribution in [2.45, 2.75) is 103 Å². The fourth-order valence-corrected chi connectivity index (χ4v) is 3.51. The first-order chi connectivity index (χ1) is 11.6. The Morgan fingerprint density at radius 1 is 0.615 bits per heavy atom. The second-order valence-corrected chi connectivity index (χ2v) is 8.70.